The highest BCUT2D eigenvalue weighted by Crippen LogP contribution is 2.51. The molecule has 2 fully saturated rings. The molecular formula is C25H31F5N10O2. The molecule has 0 saturated heterocycles. The van der Waals surface area contributed by atoms with Crippen LogP contribution in [0.1, 0.15) is 74.3 Å². The Hall–Kier alpha value is -3.92. The molecule has 12 nitrogen and oxygen atoms in total. The molecule has 0 spiro atoms. The van der Waals surface area contributed by atoms with Gasteiger partial charge in [0, 0.05) is 24.9 Å². The average Bonchev–Trinajstić information content (AvgIpc) is 3.76. The van der Waals surface area contributed by atoms with Crippen molar-refractivity contribution in [3.8, 4) is 0 Å². The summed E-state index contributed by atoms with van der Waals surface area (Å²) in [6.07, 6.45) is -0.777. The third-order valence-electron chi connectivity index (χ3n) is 7.46. The van der Waals surface area contributed by atoms with Crippen LogP contribution >= 0.6 is 0 Å². The van der Waals surface area contributed by atoms with Gasteiger partial charge in [-0.3, -0.25) is 19.0 Å². The molecule has 2 atom stereocenters. The molecule has 3 aromatic heterocycles. The van der Waals surface area contributed by atoms with Crippen molar-refractivity contribution in [2.75, 3.05) is 5.32 Å². The Morgan fingerprint density at radius 1 is 1.10 bits per heavy atom. The minimum absolute atomic E-state index is 0.0835. The van der Waals surface area contributed by atoms with Gasteiger partial charge in [-0.15, -0.1) is 5.10 Å². The van der Waals surface area contributed by atoms with Gasteiger partial charge in [-0.2, -0.15) is 23.4 Å². The fourth-order valence-electron chi connectivity index (χ4n) is 5.37. The van der Waals surface area contributed by atoms with E-state index < -0.39 is 55.3 Å². The first kappa shape index (κ1) is 29.6. The van der Waals surface area contributed by atoms with E-state index in [9.17, 15) is 31.5 Å². The normalized spacial score (nSPS) is 17.2. The summed E-state index contributed by atoms with van der Waals surface area (Å²) >= 11 is 0. The fraction of sp³-hybridized carbons (Fsp3) is 0.640. The molecule has 3 heterocycles. The lowest BCUT2D eigenvalue weighted by Gasteiger charge is -2.27. The van der Waals surface area contributed by atoms with E-state index >= 15 is 0 Å². The molecule has 5 rings (SSSR count). The zero-order valence-electron chi connectivity index (χ0n) is 22.9. The van der Waals surface area contributed by atoms with Gasteiger partial charge in [-0.1, -0.05) is 0 Å². The van der Waals surface area contributed by atoms with Crippen molar-refractivity contribution in [3.63, 3.8) is 0 Å². The first-order chi connectivity index (χ1) is 19.9. The summed E-state index contributed by atoms with van der Waals surface area (Å²) in [5.74, 6) is -0.920. The lowest BCUT2D eigenvalue weighted by molar-refractivity contribution is -0.143. The highest BCUT2D eigenvalue weighted by Gasteiger charge is 2.48. The van der Waals surface area contributed by atoms with Crippen molar-refractivity contribution in [2.24, 2.45) is 17.8 Å². The van der Waals surface area contributed by atoms with Crippen LogP contribution in [-0.2, 0) is 11.3 Å². The van der Waals surface area contributed by atoms with E-state index in [4.69, 9.17) is 0 Å². The maximum absolute atomic E-state index is 13.7. The van der Waals surface area contributed by atoms with Crippen molar-refractivity contribution in [1.29, 1.82) is 0 Å². The third kappa shape index (κ3) is 6.92. The van der Waals surface area contributed by atoms with Crippen LogP contribution in [-0.4, -0.2) is 70.2 Å². The number of nitrogens with one attached hydrogen (secondary N) is 2. The molecule has 228 valence electrons. The molecule has 0 radical (unpaired) electrons. The lowest BCUT2D eigenvalue weighted by atomic mass is 9.88. The topological polar surface area (TPSA) is 137 Å². The number of carbonyl (C=O) groups excluding carboxylic acids is 2. The van der Waals surface area contributed by atoms with Crippen LogP contribution in [0.4, 0.5) is 27.6 Å². The minimum Gasteiger partial charge on any atom is -0.339 e. The largest absolute Gasteiger partial charge is 0.408 e. The summed E-state index contributed by atoms with van der Waals surface area (Å²) in [5.41, 5.74) is 0.429. The number of rotatable bonds is 13. The van der Waals surface area contributed by atoms with E-state index in [1.807, 2.05) is 13.8 Å². The number of aromatic nitrogens is 8. The predicted octanol–water partition coefficient (Wildman–Crippen LogP) is 3.63. The molecule has 0 aromatic carbocycles. The van der Waals surface area contributed by atoms with Crippen LogP contribution in [0, 0.1) is 17.8 Å². The molecule has 0 aliphatic heterocycles. The van der Waals surface area contributed by atoms with Gasteiger partial charge < -0.3 is 10.6 Å². The minimum atomic E-state index is -4.69. The number of carbonyl (C=O) groups is 2. The molecule has 2 amide bonds. The second-order valence-corrected chi connectivity index (χ2v) is 11.1. The third-order valence-corrected chi connectivity index (χ3v) is 7.46. The van der Waals surface area contributed by atoms with Gasteiger partial charge >= 0.3 is 6.18 Å². The molecule has 17 heteroatoms. The van der Waals surface area contributed by atoms with Gasteiger partial charge in [0.25, 0.3) is 5.91 Å². The Bertz CT molecular complexity index is 1380. The monoisotopic (exact) mass is 598 g/mol. The summed E-state index contributed by atoms with van der Waals surface area (Å²) in [7, 11) is 0. The Morgan fingerprint density at radius 2 is 1.79 bits per heavy atom. The van der Waals surface area contributed by atoms with Gasteiger partial charge in [-0.25, -0.2) is 13.5 Å². The van der Waals surface area contributed by atoms with Crippen molar-refractivity contribution in [3.05, 3.63) is 36.2 Å². The summed E-state index contributed by atoms with van der Waals surface area (Å²) < 4.78 is 68.9. The number of hydrogen-bond acceptors (Lipinski definition) is 7. The van der Waals surface area contributed by atoms with E-state index in [2.05, 4.69) is 36.4 Å². The lowest BCUT2D eigenvalue weighted by Crippen LogP contribution is -2.50. The number of tetrazole rings is 1. The first-order valence-corrected chi connectivity index (χ1v) is 13.7. The van der Waals surface area contributed by atoms with E-state index in [-0.39, 0.29) is 29.5 Å². The van der Waals surface area contributed by atoms with Gasteiger partial charge in [0.15, 0.2) is 5.82 Å². The number of alkyl halides is 5. The smallest absolute Gasteiger partial charge is 0.339 e. The number of halogens is 5. The second kappa shape index (κ2) is 11.8. The van der Waals surface area contributed by atoms with E-state index in [0.717, 1.165) is 30.4 Å². The van der Waals surface area contributed by atoms with Crippen LogP contribution in [0.3, 0.4) is 0 Å². The standard InChI is InChI=1S/C25H31F5N10O2/c1-13(2)40-17(7-8-31-40)23(41)34-21(20(14-3-4-14)15-5-6-15)24(42)33-16-10-32-38(11-16)18(9-19(26)27)22-35-36-37-39(22)12-25(28,29)30/h7-8,10-11,13-15,18-21H,3-6,9,12H2,1-2H3,(H,33,42)(H,34,41)/t18?,21-/m0/s1. The maximum Gasteiger partial charge on any atom is 0.408 e. The molecule has 3 aromatic rings. The van der Waals surface area contributed by atoms with Gasteiger partial charge in [0.1, 0.15) is 24.3 Å². The molecule has 42 heavy (non-hydrogen) atoms. The molecule has 2 saturated carbocycles. The van der Waals surface area contributed by atoms with Crippen LogP contribution in [0.2, 0.25) is 0 Å². The fourth-order valence-corrected chi connectivity index (χ4v) is 5.37. The van der Waals surface area contributed by atoms with Crippen molar-refractivity contribution in [1.82, 2.24) is 45.1 Å². The molecule has 2 aliphatic rings. The van der Waals surface area contributed by atoms with Crippen LogP contribution in [0.25, 0.3) is 0 Å². The molecule has 2 aliphatic carbocycles. The van der Waals surface area contributed by atoms with E-state index in [0.29, 0.717) is 10.4 Å². The zero-order valence-corrected chi connectivity index (χ0v) is 22.9. The number of hydrogen-bond donors (Lipinski definition) is 2. The molecule has 2 N–H and O–H groups in total. The first-order valence-electron chi connectivity index (χ1n) is 13.7. The zero-order chi connectivity index (χ0) is 30.2. The molecule has 0 bridgehead atoms. The maximum atomic E-state index is 13.7. The number of amides is 2. The van der Waals surface area contributed by atoms with Crippen molar-refractivity contribution in [2.45, 2.75) is 83.2 Å². The number of nitrogens with zero attached hydrogens (tertiary/aromatic N) is 8. The second-order valence-electron chi connectivity index (χ2n) is 11.1. The summed E-state index contributed by atoms with van der Waals surface area (Å²) in [6.45, 7) is 2.19. The van der Waals surface area contributed by atoms with E-state index in [1.165, 1.54) is 18.6 Å². The Labute approximate surface area is 237 Å². The number of anilines is 1. The SMILES string of the molecule is CC(C)n1nccc1C(=O)N[C@H](C(=O)Nc1cnn(C(CC(F)F)c2nnnn2CC(F)(F)F)c1)C(C1CC1)C1CC1. The van der Waals surface area contributed by atoms with Crippen LogP contribution in [0.15, 0.2) is 24.7 Å². The van der Waals surface area contributed by atoms with Gasteiger partial charge in [0.2, 0.25) is 12.3 Å². The van der Waals surface area contributed by atoms with E-state index in [1.54, 1.807) is 10.7 Å². The molecular weight excluding hydrogens is 567 g/mol. The Morgan fingerprint density at radius 3 is 2.38 bits per heavy atom. The average molecular weight is 599 g/mol. The van der Waals surface area contributed by atoms with Crippen molar-refractivity contribution >= 4 is 17.5 Å². The summed E-state index contributed by atoms with van der Waals surface area (Å²) in [4.78, 5) is 27.0. The van der Waals surface area contributed by atoms with Crippen LogP contribution in [0.5, 0.6) is 0 Å². The summed E-state index contributed by atoms with van der Waals surface area (Å²) in [6, 6.07) is -0.828. The predicted molar refractivity (Wildman–Crippen MR) is 136 cm³/mol. The highest BCUT2D eigenvalue weighted by molar-refractivity contribution is 6.00. The summed E-state index contributed by atoms with van der Waals surface area (Å²) in [5, 5.41) is 23.9. The van der Waals surface area contributed by atoms with Crippen molar-refractivity contribution < 1.29 is 31.5 Å². The Kier molecular flexibility index (Phi) is 8.28. The van der Waals surface area contributed by atoms with Gasteiger partial charge in [-0.05, 0) is 73.8 Å². The molecule has 1 unspecified atom stereocenters. The van der Waals surface area contributed by atoms with Gasteiger partial charge in [0.05, 0.1) is 11.9 Å². The Balaban J connectivity index is 1.37. The highest BCUT2D eigenvalue weighted by atomic mass is 19.4. The van der Waals surface area contributed by atoms with Crippen LogP contribution < -0.4 is 10.6 Å². The quantitative estimate of drug-likeness (QED) is 0.287.